The van der Waals surface area contributed by atoms with Crippen molar-refractivity contribution in [3.8, 4) is 17.4 Å². The number of alkyl halides is 3. The zero-order valence-corrected chi connectivity index (χ0v) is 20.1. The predicted molar refractivity (Wildman–Crippen MR) is 125 cm³/mol. The van der Waals surface area contributed by atoms with Gasteiger partial charge in [-0.05, 0) is 50.5 Å². The van der Waals surface area contributed by atoms with Crippen LogP contribution in [0.25, 0.3) is 5.52 Å². The topological polar surface area (TPSA) is 77.8 Å². The molecule has 0 aromatic carbocycles. The molecule has 1 aliphatic rings. The monoisotopic (exact) mass is 516 g/mol. The van der Waals surface area contributed by atoms with Crippen molar-refractivity contribution in [1.29, 1.82) is 0 Å². The number of halogens is 4. The van der Waals surface area contributed by atoms with Crippen LogP contribution in [-0.2, 0) is 0 Å². The fourth-order valence-corrected chi connectivity index (χ4v) is 4.59. The van der Waals surface area contributed by atoms with Crippen LogP contribution in [0.2, 0.25) is 5.02 Å². The minimum Gasteiger partial charge on any atom is -0.478 e. The van der Waals surface area contributed by atoms with Crippen LogP contribution in [-0.4, -0.2) is 57.8 Å². The van der Waals surface area contributed by atoms with E-state index in [4.69, 9.17) is 21.1 Å². The minimum atomic E-state index is -4.51. The Bertz CT molecular complexity index is 1120. The van der Waals surface area contributed by atoms with Crippen molar-refractivity contribution in [1.82, 2.24) is 19.9 Å². The van der Waals surface area contributed by atoms with Crippen molar-refractivity contribution in [3.05, 3.63) is 47.4 Å². The third-order valence-corrected chi connectivity index (χ3v) is 6.36. The zero-order chi connectivity index (χ0) is 24.8. The molecule has 0 aliphatic carbocycles. The predicted octanol–water partition coefficient (Wildman–Crippen LogP) is 5.42. The van der Waals surface area contributed by atoms with Gasteiger partial charge >= 0.3 is 6.18 Å². The SMILES string of the molecule is CNC1(C)CCSCC1.O=Cc1cc2cc(Oc3ncc(Cl)cc3OCC(F)(F)F)ccn2n1. The summed E-state index contributed by atoms with van der Waals surface area (Å²) in [5, 5.41) is 7.45. The Morgan fingerprint density at radius 1 is 1.29 bits per heavy atom. The number of hydrogen-bond donors (Lipinski definition) is 1. The third kappa shape index (κ3) is 7.51. The molecule has 0 unspecified atom stereocenters. The summed E-state index contributed by atoms with van der Waals surface area (Å²) in [7, 11) is 2.07. The van der Waals surface area contributed by atoms with E-state index in [9.17, 15) is 18.0 Å². The first kappa shape index (κ1) is 26.1. The molecule has 0 radical (unpaired) electrons. The van der Waals surface area contributed by atoms with Gasteiger partial charge in [0, 0.05) is 30.1 Å². The lowest BCUT2D eigenvalue weighted by atomic mass is 9.95. The maximum Gasteiger partial charge on any atom is 0.422 e. The number of ether oxygens (including phenoxy) is 2. The number of hydrogen-bond acceptors (Lipinski definition) is 7. The molecule has 1 aliphatic heterocycles. The number of nitrogens with one attached hydrogen (secondary N) is 1. The third-order valence-electron chi connectivity index (χ3n) is 5.17. The van der Waals surface area contributed by atoms with Gasteiger partial charge in [0.25, 0.3) is 5.88 Å². The van der Waals surface area contributed by atoms with Gasteiger partial charge in [0.1, 0.15) is 11.4 Å². The average molecular weight is 517 g/mol. The van der Waals surface area contributed by atoms with Crippen molar-refractivity contribution in [3.63, 3.8) is 0 Å². The van der Waals surface area contributed by atoms with Crippen LogP contribution in [0.15, 0.2) is 36.7 Å². The first-order valence-corrected chi connectivity index (χ1v) is 11.9. The molecule has 1 saturated heterocycles. The summed E-state index contributed by atoms with van der Waals surface area (Å²) >= 11 is 7.82. The molecular formula is C22H24ClF3N4O3S. The molecule has 3 aromatic heterocycles. The van der Waals surface area contributed by atoms with Crippen molar-refractivity contribution in [2.75, 3.05) is 25.2 Å². The van der Waals surface area contributed by atoms with Crippen molar-refractivity contribution < 1.29 is 27.4 Å². The van der Waals surface area contributed by atoms with Gasteiger partial charge in [-0.2, -0.15) is 30.0 Å². The van der Waals surface area contributed by atoms with E-state index >= 15 is 0 Å². The van der Waals surface area contributed by atoms with E-state index in [1.54, 1.807) is 6.07 Å². The molecule has 0 saturated carbocycles. The molecule has 4 rings (SSSR count). The Balaban J connectivity index is 0.000000302. The Hall–Kier alpha value is -2.50. The van der Waals surface area contributed by atoms with E-state index in [2.05, 4.69) is 41.1 Å². The number of carbonyl (C=O) groups is 1. The van der Waals surface area contributed by atoms with E-state index in [0.29, 0.717) is 17.3 Å². The first-order valence-electron chi connectivity index (χ1n) is 10.3. The second-order valence-corrected chi connectivity index (χ2v) is 9.47. The van der Waals surface area contributed by atoms with Gasteiger partial charge in [-0.1, -0.05) is 11.6 Å². The molecule has 0 spiro atoms. The van der Waals surface area contributed by atoms with Crippen LogP contribution in [0.5, 0.6) is 17.4 Å². The van der Waals surface area contributed by atoms with Crippen LogP contribution in [0.3, 0.4) is 0 Å². The lowest BCUT2D eigenvalue weighted by Crippen LogP contribution is -2.42. The van der Waals surface area contributed by atoms with Crippen LogP contribution in [0.1, 0.15) is 30.3 Å². The Morgan fingerprint density at radius 2 is 2.03 bits per heavy atom. The number of fused-ring (bicyclic) bond motifs is 1. The maximum absolute atomic E-state index is 12.4. The van der Waals surface area contributed by atoms with Crippen molar-refractivity contribution >= 4 is 35.2 Å². The second kappa shape index (κ2) is 11.3. The second-order valence-electron chi connectivity index (χ2n) is 7.80. The van der Waals surface area contributed by atoms with Gasteiger partial charge < -0.3 is 14.8 Å². The summed E-state index contributed by atoms with van der Waals surface area (Å²) in [6.07, 6.45) is 1.49. The fraction of sp³-hybridized carbons (Fsp3) is 0.409. The van der Waals surface area contributed by atoms with Crippen LogP contribution < -0.4 is 14.8 Å². The minimum absolute atomic E-state index is 0.103. The van der Waals surface area contributed by atoms with Crippen LogP contribution in [0.4, 0.5) is 13.2 Å². The molecule has 0 bridgehead atoms. The van der Waals surface area contributed by atoms with Gasteiger partial charge in [-0.3, -0.25) is 4.79 Å². The molecule has 7 nitrogen and oxygen atoms in total. The number of thioether (sulfide) groups is 1. The summed E-state index contributed by atoms with van der Waals surface area (Å²) in [5.41, 5.74) is 1.24. The maximum atomic E-state index is 12.4. The molecular weight excluding hydrogens is 493 g/mol. The Morgan fingerprint density at radius 3 is 2.65 bits per heavy atom. The van der Waals surface area contributed by atoms with Crippen molar-refractivity contribution in [2.45, 2.75) is 31.5 Å². The molecule has 12 heteroatoms. The van der Waals surface area contributed by atoms with E-state index in [-0.39, 0.29) is 28.1 Å². The normalized spacial score (nSPS) is 15.4. The summed E-state index contributed by atoms with van der Waals surface area (Å²) in [6, 6.07) is 5.76. The largest absolute Gasteiger partial charge is 0.478 e. The van der Waals surface area contributed by atoms with Gasteiger partial charge in [-0.15, -0.1) is 0 Å². The summed E-state index contributed by atoms with van der Waals surface area (Å²) in [6.45, 7) is 0.808. The highest BCUT2D eigenvalue weighted by Crippen LogP contribution is 2.33. The highest BCUT2D eigenvalue weighted by atomic mass is 35.5. The van der Waals surface area contributed by atoms with Gasteiger partial charge in [0.05, 0.1) is 10.5 Å². The molecule has 0 amide bonds. The quantitative estimate of drug-likeness (QED) is 0.438. The van der Waals surface area contributed by atoms with Gasteiger partial charge in [0.15, 0.2) is 18.6 Å². The molecule has 4 heterocycles. The van der Waals surface area contributed by atoms with Gasteiger partial charge in [0.2, 0.25) is 0 Å². The summed E-state index contributed by atoms with van der Waals surface area (Å²) < 4.78 is 48.7. The van der Waals surface area contributed by atoms with Gasteiger partial charge in [-0.25, -0.2) is 9.50 Å². The first-order chi connectivity index (χ1) is 16.1. The summed E-state index contributed by atoms with van der Waals surface area (Å²) in [5.74, 6) is 2.52. The molecule has 184 valence electrons. The standard InChI is InChI=1S/C15H9ClF3N3O3.C7H15NS/c16-9-3-13(24-8-15(17,18)19)14(20-6-9)25-12-1-2-22-11(5-12)4-10(7-23)21-22;1-7(8-2)3-5-9-6-4-7/h1-7H,8H2;8H,3-6H2,1-2H3. The smallest absolute Gasteiger partial charge is 0.422 e. The number of aromatic nitrogens is 3. The molecule has 1 fully saturated rings. The lowest BCUT2D eigenvalue weighted by molar-refractivity contribution is -0.153. The Kier molecular flexibility index (Phi) is 8.67. The number of nitrogens with zero attached hydrogens (tertiary/aromatic N) is 3. The zero-order valence-electron chi connectivity index (χ0n) is 18.6. The van der Waals surface area contributed by atoms with Crippen LogP contribution >= 0.6 is 23.4 Å². The molecule has 34 heavy (non-hydrogen) atoms. The number of carbonyl (C=O) groups excluding carboxylic acids is 1. The van der Waals surface area contributed by atoms with Crippen LogP contribution in [0, 0.1) is 0 Å². The highest BCUT2D eigenvalue weighted by molar-refractivity contribution is 7.99. The van der Waals surface area contributed by atoms with Crippen molar-refractivity contribution in [2.24, 2.45) is 0 Å². The number of rotatable bonds is 6. The highest BCUT2D eigenvalue weighted by Gasteiger charge is 2.29. The lowest BCUT2D eigenvalue weighted by Gasteiger charge is -2.32. The van der Waals surface area contributed by atoms with E-state index in [0.717, 1.165) is 0 Å². The molecule has 3 aromatic rings. The molecule has 0 atom stereocenters. The number of aldehydes is 1. The Labute approximate surface area is 204 Å². The molecule has 1 N–H and O–H groups in total. The fourth-order valence-electron chi connectivity index (χ4n) is 3.05. The number of pyridine rings is 2. The van der Waals surface area contributed by atoms with E-state index < -0.39 is 12.8 Å². The van der Waals surface area contributed by atoms with E-state index in [1.807, 2.05) is 0 Å². The average Bonchev–Trinajstić information content (AvgIpc) is 3.22. The van der Waals surface area contributed by atoms with E-state index in [1.165, 1.54) is 59.5 Å². The summed E-state index contributed by atoms with van der Waals surface area (Å²) in [4.78, 5) is 14.6.